The van der Waals surface area contributed by atoms with Crippen LogP contribution in [0.15, 0.2) is 24.3 Å². The Hall–Kier alpha value is -2.28. The van der Waals surface area contributed by atoms with Crippen LogP contribution in [0.5, 0.6) is 5.75 Å². The predicted molar refractivity (Wildman–Crippen MR) is 94.0 cm³/mol. The molecule has 1 atom stereocenters. The summed E-state index contributed by atoms with van der Waals surface area (Å²) >= 11 is 0. The Balaban J connectivity index is 1.83. The number of hydrogen-bond donors (Lipinski definition) is 3. The Labute approximate surface area is 147 Å². The van der Waals surface area contributed by atoms with Crippen molar-refractivity contribution in [3.05, 3.63) is 24.3 Å². The molecule has 0 radical (unpaired) electrons. The van der Waals surface area contributed by atoms with Crippen molar-refractivity contribution in [1.29, 1.82) is 0 Å². The van der Waals surface area contributed by atoms with E-state index in [1.165, 1.54) is 0 Å². The van der Waals surface area contributed by atoms with Gasteiger partial charge in [0, 0.05) is 30.3 Å². The van der Waals surface area contributed by atoms with Crippen molar-refractivity contribution in [3.8, 4) is 5.75 Å². The average molecular weight is 350 g/mol. The molecule has 1 unspecified atom stereocenters. The van der Waals surface area contributed by atoms with E-state index in [-0.39, 0.29) is 18.6 Å². The first kappa shape index (κ1) is 19.1. The molecule has 7 heteroatoms. The Morgan fingerprint density at radius 3 is 2.88 bits per heavy atom. The fourth-order valence-electron chi connectivity index (χ4n) is 2.58. The summed E-state index contributed by atoms with van der Waals surface area (Å²) in [6, 6.07) is 6.76. The molecular formula is C18H26N2O5. The minimum Gasteiger partial charge on any atom is -0.491 e. The van der Waals surface area contributed by atoms with E-state index < -0.39 is 11.5 Å². The number of rotatable bonds is 8. The van der Waals surface area contributed by atoms with E-state index in [2.05, 4.69) is 10.6 Å². The van der Waals surface area contributed by atoms with Crippen LogP contribution in [0.4, 0.5) is 10.5 Å². The van der Waals surface area contributed by atoms with E-state index >= 15 is 0 Å². The normalized spacial score (nSPS) is 17.1. The van der Waals surface area contributed by atoms with Crippen LogP contribution in [-0.2, 0) is 9.53 Å². The second-order valence-corrected chi connectivity index (χ2v) is 6.83. The molecule has 1 aliphatic heterocycles. The van der Waals surface area contributed by atoms with Gasteiger partial charge >= 0.3 is 12.0 Å². The maximum Gasteiger partial charge on any atom is 0.319 e. The van der Waals surface area contributed by atoms with Gasteiger partial charge in [0.25, 0.3) is 0 Å². The Morgan fingerprint density at radius 1 is 1.40 bits per heavy atom. The fourth-order valence-corrected chi connectivity index (χ4v) is 2.58. The second kappa shape index (κ2) is 8.71. The van der Waals surface area contributed by atoms with Gasteiger partial charge in [-0.15, -0.1) is 0 Å². The van der Waals surface area contributed by atoms with Crippen molar-refractivity contribution in [2.75, 3.05) is 18.5 Å². The van der Waals surface area contributed by atoms with E-state index in [0.29, 0.717) is 24.5 Å². The van der Waals surface area contributed by atoms with Gasteiger partial charge in [-0.25, -0.2) is 4.79 Å². The second-order valence-electron chi connectivity index (χ2n) is 6.83. The molecule has 0 aliphatic carbocycles. The van der Waals surface area contributed by atoms with Gasteiger partial charge in [0.05, 0.1) is 6.10 Å². The number of carbonyl (C=O) groups excluding carboxylic acids is 1. The molecule has 1 aromatic carbocycles. The van der Waals surface area contributed by atoms with Crippen LogP contribution < -0.4 is 15.4 Å². The van der Waals surface area contributed by atoms with E-state index in [9.17, 15) is 9.59 Å². The van der Waals surface area contributed by atoms with Crippen molar-refractivity contribution in [3.63, 3.8) is 0 Å². The van der Waals surface area contributed by atoms with Gasteiger partial charge in [0.15, 0.2) is 0 Å². The van der Waals surface area contributed by atoms with Gasteiger partial charge in [0.1, 0.15) is 12.4 Å². The van der Waals surface area contributed by atoms with Crippen molar-refractivity contribution in [1.82, 2.24) is 5.32 Å². The zero-order valence-corrected chi connectivity index (χ0v) is 14.7. The number of ether oxygens (including phenoxy) is 2. The summed E-state index contributed by atoms with van der Waals surface area (Å²) in [5, 5.41) is 14.3. The maximum atomic E-state index is 12.1. The highest BCUT2D eigenvalue weighted by molar-refractivity contribution is 5.89. The minimum atomic E-state index is -0.883. The molecule has 1 heterocycles. The molecule has 25 heavy (non-hydrogen) atoms. The summed E-state index contributed by atoms with van der Waals surface area (Å²) in [5.74, 6) is -0.218. The summed E-state index contributed by atoms with van der Waals surface area (Å²) in [7, 11) is 0. The quantitative estimate of drug-likeness (QED) is 0.670. The van der Waals surface area contributed by atoms with Crippen LogP contribution >= 0.6 is 0 Å². The van der Waals surface area contributed by atoms with Gasteiger partial charge in [-0.2, -0.15) is 0 Å². The van der Waals surface area contributed by atoms with E-state index in [1.807, 2.05) is 6.07 Å². The smallest absolute Gasteiger partial charge is 0.319 e. The molecule has 0 saturated carbocycles. The molecule has 0 spiro atoms. The van der Waals surface area contributed by atoms with Gasteiger partial charge < -0.3 is 25.2 Å². The van der Waals surface area contributed by atoms with Crippen LogP contribution in [0.25, 0.3) is 0 Å². The van der Waals surface area contributed by atoms with Crippen molar-refractivity contribution in [2.45, 2.75) is 51.2 Å². The number of amides is 2. The van der Waals surface area contributed by atoms with Crippen molar-refractivity contribution in [2.24, 2.45) is 0 Å². The molecule has 1 aromatic rings. The lowest BCUT2D eigenvalue weighted by molar-refractivity contribution is -0.137. The number of nitrogens with one attached hydrogen (secondary N) is 2. The fraction of sp³-hybridized carbons (Fsp3) is 0.556. The summed E-state index contributed by atoms with van der Waals surface area (Å²) in [6.45, 7) is 4.86. The number of anilines is 1. The average Bonchev–Trinajstić information content (AvgIpc) is 3.04. The van der Waals surface area contributed by atoms with Crippen LogP contribution in [0.2, 0.25) is 0 Å². The highest BCUT2D eigenvalue weighted by Crippen LogP contribution is 2.20. The van der Waals surface area contributed by atoms with Crippen LogP contribution in [-0.4, -0.2) is 42.0 Å². The van der Waals surface area contributed by atoms with Crippen molar-refractivity contribution >= 4 is 17.7 Å². The molecule has 7 nitrogen and oxygen atoms in total. The molecule has 2 rings (SSSR count). The highest BCUT2D eigenvalue weighted by Gasteiger charge is 2.21. The number of carboxylic acid groups (broad SMARTS) is 1. The molecule has 0 aromatic heterocycles. The lowest BCUT2D eigenvalue weighted by Gasteiger charge is -2.25. The predicted octanol–water partition coefficient (Wildman–Crippen LogP) is 3.01. The third kappa shape index (κ3) is 7.01. The molecule has 1 saturated heterocycles. The molecule has 1 fully saturated rings. The number of carboxylic acids is 1. The van der Waals surface area contributed by atoms with Crippen LogP contribution in [0, 0.1) is 0 Å². The SMILES string of the molecule is CC(C)(CCC(=O)O)NC(=O)Nc1cccc(OCC2CCCO2)c1. The number of hydrogen-bond acceptors (Lipinski definition) is 4. The number of benzene rings is 1. The van der Waals surface area contributed by atoms with E-state index in [4.69, 9.17) is 14.6 Å². The van der Waals surface area contributed by atoms with Crippen LogP contribution in [0.3, 0.4) is 0 Å². The van der Waals surface area contributed by atoms with Gasteiger partial charge in [-0.05, 0) is 45.2 Å². The summed E-state index contributed by atoms with van der Waals surface area (Å²) in [4.78, 5) is 22.8. The lowest BCUT2D eigenvalue weighted by Crippen LogP contribution is -2.45. The third-order valence-corrected chi connectivity index (χ3v) is 3.97. The topological polar surface area (TPSA) is 96.9 Å². The molecule has 3 N–H and O–H groups in total. The highest BCUT2D eigenvalue weighted by atomic mass is 16.5. The largest absolute Gasteiger partial charge is 0.491 e. The summed E-state index contributed by atoms with van der Waals surface area (Å²) < 4.78 is 11.2. The van der Waals surface area contributed by atoms with Crippen molar-refractivity contribution < 1.29 is 24.2 Å². The standard InChI is InChI=1S/C18H26N2O5/c1-18(2,9-8-16(21)22)20-17(23)19-13-5-3-6-14(11-13)25-12-15-7-4-10-24-15/h3,5-6,11,15H,4,7-10,12H2,1-2H3,(H,21,22)(H2,19,20,23). The first-order valence-corrected chi connectivity index (χ1v) is 8.49. The first-order valence-electron chi connectivity index (χ1n) is 8.49. The Morgan fingerprint density at radius 2 is 2.20 bits per heavy atom. The lowest BCUT2D eigenvalue weighted by atomic mass is 9.99. The van der Waals surface area contributed by atoms with Crippen LogP contribution in [0.1, 0.15) is 39.5 Å². The number of carbonyl (C=O) groups is 2. The minimum absolute atomic E-state index is 0.000156. The monoisotopic (exact) mass is 350 g/mol. The number of aliphatic carboxylic acids is 1. The Kier molecular flexibility index (Phi) is 6.64. The zero-order valence-electron chi connectivity index (χ0n) is 14.7. The molecule has 138 valence electrons. The maximum absolute atomic E-state index is 12.1. The third-order valence-electron chi connectivity index (χ3n) is 3.97. The van der Waals surface area contributed by atoms with Gasteiger partial charge in [-0.3, -0.25) is 4.79 Å². The summed E-state index contributed by atoms with van der Waals surface area (Å²) in [5.41, 5.74) is -0.00693. The molecule has 0 bridgehead atoms. The first-order chi connectivity index (χ1) is 11.8. The molecule has 2 amide bonds. The summed E-state index contributed by atoms with van der Waals surface area (Å²) in [6.07, 6.45) is 2.55. The molecule has 1 aliphatic rings. The zero-order chi connectivity index (χ0) is 18.3. The van der Waals surface area contributed by atoms with Gasteiger partial charge in [-0.1, -0.05) is 6.07 Å². The van der Waals surface area contributed by atoms with Gasteiger partial charge in [0.2, 0.25) is 0 Å². The number of urea groups is 1. The van der Waals surface area contributed by atoms with E-state index in [1.54, 1.807) is 32.0 Å². The molecular weight excluding hydrogens is 324 g/mol. The Bertz CT molecular complexity index is 597. The van der Waals surface area contributed by atoms with E-state index in [0.717, 1.165) is 19.4 Å².